The van der Waals surface area contributed by atoms with Crippen LogP contribution in [0.1, 0.15) is 11.1 Å². The van der Waals surface area contributed by atoms with Gasteiger partial charge in [0, 0.05) is 37.4 Å². The molecule has 3 heterocycles. The molecule has 0 atom stereocenters. The minimum Gasteiger partial charge on any atom is -0.374 e. The van der Waals surface area contributed by atoms with Crippen LogP contribution >= 0.6 is 0 Å². The van der Waals surface area contributed by atoms with Crippen LogP contribution in [0.15, 0.2) is 60.9 Å². The smallest absolute Gasteiger partial charge is 0.182 e. The Kier molecular flexibility index (Phi) is 4.67. The Morgan fingerprint density at radius 3 is 2.48 bits per heavy atom. The van der Waals surface area contributed by atoms with Gasteiger partial charge in [0.15, 0.2) is 11.5 Å². The number of ether oxygens (including phenoxy) is 1. The lowest BCUT2D eigenvalue weighted by Crippen LogP contribution is -2.42. The first kappa shape index (κ1) is 19.6. The summed E-state index contributed by atoms with van der Waals surface area (Å²) in [5, 5.41) is 0.966. The zero-order valence-corrected chi connectivity index (χ0v) is 17.8. The van der Waals surface area contributed by atoms with Gasteiger partial charge in [0.1, 0.15) is 5.82 Å². The van der Waals surface area contributed by atoms with Crippen molar-refractivity contribution in [3.63, 3.8) is 0 Å². The Morgan fingerprint density at radius 1 is 1.00 bits per heavy atom. The number of benzene rings is 2. The second-order valence-electron chi connectivity index (χ2n) is 8.23. The molecule has 0 unspecified atom stereocenters. The minimum absolute atomic E-state index is 0.130. The summed E-state index contributed by atoms with van der Waals surface area (Å²) in [4.78, 5) is 15.8. The average molecular weight is 414 g/mol. The molecule has 1 aliphatic rings. The van der Waals surface area contributed by atoms with Gasteiger partial charge in [-0.1, -0.05) is 24.3 Å². The number of hydrogen-bond donors (Lipinski definition) is 0. The van der Waals surface area contributed by atoms with Crippen LogP contribution in [0.2, 0.25) is 0 Å². The number of pyridine rings is 1. The molecule has 0 bridgehead atoms. The Balaban J connectivity index is 1.61. The molecule has 156 valence electrons. The van der Waals surface area contributed by atoms with Crippen molar-refractivity contribution in [3.05, 3.63) is 72.1 Å². The van der Waals surface area contributed by atoms with E-state index in [4.69, 9.17) is 14.7 Å². The van der Waals surface area contributed by atoms with E-state index in [9.17, 15) is 4.39 Å². The fourth-order valence-corrected chi connectivity index (χ4v) is 3.96. The summed E-state index contributed by atoms with van der Waals surface area (Å²) in [5.74, 6) is 1.49. The van der Waals surface area contributed by atoms with Gasteiger partial charge in [-0.25, -0.2) is 14.4 Å². The maximum absolute atomic E-state index is 14.7. The molecule has 0 saturated carbocycles. The van der Waals surface area contributed by atoms with Crippen molar-refractivity contribution in [2.45, 2.75) is 12.6 Å². The lowest BCUT2D eigenvalue weighted by atomic mass is 9.89. The number of rotatable bonds is 4. The first-order valence-corrected chi connectivity index (χ1v) is 10.2. The third-order valence-corrected chi connectivity index (χ3v) is 5.74. The van der Waals surface area contributed by atoms with Gasteiger partial charge >= 0.3 is 0 Å². The van der Waals surface area contributed by atoms with Gasteiger partial charge in [0.05, 0.1) is 18.7 Å². The van der Waals surface area contributed by atoms with Crippen LogP contribution in [-0.4, -0.2) is 42.3 Å². The number of aromatic nitrogens is 3. The highest BCUT2D eigenvalue weighted by molar-refractivity contribution is 5.94. The lowest BCUT2D eigenvalue weighted by Gasteiger charge is -2.34. The number of halogens is 1. The topological polar surface area (TPSA) is 51.1 Å². The Labute approximate surface area is 180 Å². The second-order valence-corrected chi connectivity index (χ2v) is 8.23. The van der Waals surface area contributed by atoms with Gasteiger partial charge in [-0.15, -0.1) is 0 Å². The highest BCUT2D eigenvalue weighted by Gasteiger charge is 2.40. The van der Waals surface area contributed by atoms with Crippen LogP contribution in [0.4, 0.5) is 10.2 Å². The van der Waals surface area contributed by atoms with Crippen LogP contribution in [0.3, 0.4) is 0 Å². The van der Waals surface area contributed by atoms with Crippen LogP contribution in [0.25, 0.3) is 33.4 Å². The fourth-order valence-electron chi connectivity index (χ4n) is 3.96. The molecule has 5 rings (SSSR count). The van der Waals surface area contributed by atoms with Crippen LogP contribution in [-0.2, 0) is 10.4 Å². The normalized spacial score (nSPS) is 15.0. The van der Waals surface area contributed by atoms with Crippen molar-refractivity contribution in [1.29, 1.82) is 0 Å². The summed E-state index contributed by atoms with van der Waals surface area (Å²) in [7, 11) is 3.95. The molecule has 2 aromatic carbocycles. The molecular formula is C25H23FN4O. The van der Waals surface area contributed by atoms with Gasteiger partial charge in [0.2, 0.25) is 0 Å². The van der Waals surface area contributed by atoms with E-state index in [0.717, 1.165) is 39.0 Å². The fraction of sp³-hybridized carbons (Fsp3) is 0.240. The van der Waals surface area contributed by atoms with E-state index in [1.165, 1.54) is 0 Å². The summed E-state index contributed by atoms with van der Waals surface area (Å²) in [5.41, 5.74) is 4.21. The molecule has 0 aliphatic carbocycles. The number of nitrogens with zero attached hydrogens (tertiary/aromatic N) is 4. The summed E-state index contributed by atoms with van der Waals surface area (Å²) in [6, 6.07) is 15.8. The molecule has 5 nitrogen and oxygen atoms in total. The Morgan fingerprint density at radius 2 is 1.84 bits per heavy atom. The molecule has 0 N–H and O–H groups in total. The summed E-state index contributed by atoms with van der Waals surface area (Å²) < 4.78 is 19.8. The van der Waals surface area contributed by atoms with E-state index in [0.29, 0.717) is 11.4 Å². The lowest BCUT2D eigenvalue weighted by molar-refractivity contribution is -0.135. The van der Waals surface area contributed by atoms with Crippen molar-refractivity contribution >= 4 is 16.7 Å². The monoisotopic (exact) mass is 414 g/mol. The largest absolute Gasteiger partial charge is 0.374 e. The Hall–Kier alpha value is -3.38. The molecule has 1 aliphatic heterocycles. The molecule has 0 radical (unpaired) electrons. The van der Waals surface area contributed by atoms with Crippen molar-refractivity contribution in [2.24, 2.45) is 0 Å². The maximum atomic E-state index is 14.7. The number of fused-ring (bicyclic) bond motifs is 1. The van der Waals surface area contributed by atoms with E-state index in [-0.39, 0.29) is 13.2 Å². The predicted octanol–water partition coefficient (Wildman–Crippen LogP) is 4.93. The van der Waals surface area contributed by atoms with E-state index >= 15 is 0 Å². The average Bonchev–Trinajstić information content (AvgIpc) is 2.76. The van der Waals surface area contributed by atoms with Crippen LogP contribution in [0, 0.1) is 6.92 Å². The van der Waals surface area contributed by atoms with Gasteiger partial charge in [0.25, 0.3) is 0 Å². The summed E-state index contributed by atoms with van der Waals surface area (Å²) in [6.07, 6.45) is 3.50. The first-order valence-electron chi connectivity index (χ1n) is 10.2. The van der Waals surface area contributed by atoms with Gasteiger partial charge in [-0.3, -0.25) is 4.98 Å². The second kappa shape index (κ2) is 7.39. The quantitative estimate of drug-likeness (QED) is 0.474. The molecule has 6 heteroatoms. The molecule has 0 spiro atoms. The van der Waals surface area contributed by atoms with Gasteiger partial charge < -0.3 is 9.64 Å². The highest BCUT2D eigenvalue weighted by Crippen LogP contribution is 2.37. The van der Waals surface area contributed by atoms with Crippen molar-refractivity contribution in [1.82, 2.24) is 15.0 Å². The van der Waals surface area contributed by atoms with Crippen molar-refractivity contribution in [3.8, 4) is 22.5 Å². The van der Waals surface area contributed by atoms with Gasteiger partial charge in [-0.05, 0) is 53.4 Å². The minimum atomic E-state index is -1.36. The third-order valence-electron chi connectivity index (χ3n) is 5.74. The Bertz CT molecular complexity index is 1270. The standard InChI is InChI=1S/C25H23FN4O/c1-16-11-19(25(26)14-31-15-25)7-8-20(16)17-6-9-22-21(12-17)24(30(2)3)29-23(28-22)18-5-4-10-27-13-18/h4-13H,14-15H2,1-3H3. The zero-order valence-electron chi connectivity index (χ0n) is 17.8. The van der Waals surface area contributed by atoms with Crippen LogP contribution < -0.4 is 4.90 Å². The van der Waals surface area contributed by atoms with E-state index < -0.39 is 5.67 Å². The van der Waals surface area contributed by atoms with E-state index in [2.05, 4.69) is 17.1 Å². The summed E-state index contributed by atoms with van der Waals surface area (Å²) in [6.45, 7) is 2.27. The molecule has 1 saturated heterocycles. The molecule has 31 heavy (non-hydrogen) atoms. The molecule has 0 amide bonds. The van der Waals surface area contributed by atoms with Crippen molar-refractivity contribution < 1.29 is 9.13 Å². The van der Waals surface area contributed by atoms with Crippen molar-refractivity contribution in [2.75, 3.05) is 32.2 Å². The summed E-state index contributed by atoms with van der Waals surface area (Å²) >= 11 is 0. The first-order chi connectivity index (χ1) is 14.9. The molecule has 4 aromatic rings. The predicted molar refractivity (Wildman–Crippen MR) is 121 cm³/mol. The molecule has 2 aromatic heterocycles. The number of anilines is 1. The van der Waals surface area contributed by atoms with E-state index in [1.807, 2.05) is 62.3 Å². The van der Waals surface area contributed by atoms with Crippen LogP contribution in [0.5, 0.6) is 0 Å². The van der Waals surface area contributed by atoms with E-state index in [1.54, 1.807) is 12.4 Å². The molecule has 1 fully saturated rings. The number of alkyl halides is 1. The SMILES string of the molecule is Cc1cc(C2(F)COC2)ccc1-c1ccc2nc(-c3cccnc3)nc(N(C)C)c2c1. The highest BCUT2D eigenvalue weighted by atomic mass is 19.1. The maximum Gasteiger partial charge on any atom is 0.182 e. The zero-order chi connectivity index (χ0) is 21.6. The third kappa shape index (κ3) is 3.43. The molecular weight excluding hydrogens is 391 g/mol. The number of hydrogen-bond acceptors (Lipinski definition) is 5. The number of aryl methyl sites for hydroxylation is 1. The van der Waals surface area contributed by atoms with Gasteiger partial charge in [-0.2, -0.15) is 0 Å².